The molecule has 0 radical (unpaired) electrons. The van der Waals surface area contributed by atoms with Crippen LogP contribution in [0, 0.1) is 0 Å². The highest BCUT2D eigenvalue weighted by molar-refractivity contribution is 7.20. The Morgan fingerprint density at radius 3 is 2.86 bits per heavy atom. The fraction of sp³-hybridized carbons (Fsp3) is 0.250. The van der Waals surface area contributed by atoms with Gasteiger partial charge in [-0.2, -0.15) is 0 Å². The summed E-state index contributed by atoms with van der Waals surface area (Å²) in [4.78, 5) is 27.2. The summed E-state index contributed by atoms with van der Waals surface area (Å²) in [6.07, 6.45) is 6.73. The first kappa shape index (κ1) is 20.1. The normalized spacial score (nSPS) is 14.9. The quantitative estimate of drug-likeness (QED) is 0.530. The van der Waals surface area contributed by atoms with Gasteiger partial charge in [-0.05, 0) is 19.1 Å². The number of hydrogen-bond acceptors (Lipinski definition) is 6. The SMILES string of the molecule is C=C(OC)/C(Cl)=C\C(=C/C)N1C=NCc2c(sc3nccc(N(C)C)c23)C1=O. The first-order valence-corrected chi connectivity index (χ1v) is 9.76. The van der Waals surface area contributed by atoms with Crippen molar-refractivity contribution in [2.75, 3.05) is 26.1 Å². The number of allylic oxidation sites excluding steroid dienone is 3. The van der Waals surface area contributed by atoms with Crippen molar-refractivity contribution in [2.24, 2.45) is 4.99 Å². The number of fused-ring (bicyclic) bond motifs is 3. The number of aromatic nitrogens is 1. The van der Waals surface area contributed by atoms with Crippen LogP contribution in [0.25, 0.3) is 10.2 Å². The van der Waals surface area contributed by atoms with Gasteiger partial charge < -0.3 is 9.64 Å². The number of pyridine rings is 1. The molecule has 2 aromatic rings. The molecule has 0 fully saturated rings. The summed E-state index contributed by atoms with van der Waals surface area (Å²) in [5.41, 5.74) is 2.50. The standard InChI is InChI=1S/C20H21ClN4O2S/c1-6-13(9-15(21)12(2)27-5)25-11-22-10-14-17-16(24(3)4)7-8-23-19(17)28-18(14)20(25)26/h6-9,11H,2,10H2,1,3-5H3/b13-6+,15-9+. The van der Waals surface area contributed by atoms with E-state index in [0.29, 0.717) is 27.9 Å². The Labute approximate surface area is 173 Å². The van der Waals surface area contributed by atoms with Crippen molar-refractivity contribution >= 4 is 51.1 Å². The average Bonchev–Trinajstić information content (AvgIpc) is 2.99. The molecule has 3 rings (SSSR count). The molecule has 8 heteroatoms. The molecule has 1 aliphatic rings. The third-order valence-corrected chi connectivity index (χ3v) is 5.82. The van der Waals surface area contributed by atoms with Gasteiger partial charge in [-0.1, -0.05) is 24.3 Å². The second kappa shape index (κ2) is 8.16. The van der Waals surface area contributed by atoms with Gasteiger partial charge in [-0.15, -0.1) is 11.3 Å². The number of hydrogen-bond donors (Lipinski definition) is 0. The molecule has 0 atom stereocenters. The van der Waals surface area contributed by atoms with Crippen molar-refractivity contribution in [3.63, 3.8) is 0 Å². The maximum atomic E-state index is 13.3. The second-order valence-electron chi connectivity index (χ2n) is 6.28. The molecule has 0 N–H and O–H groups in total. The maximum Gasteiger partial charge on any atom is 0.274 e. The summed E-state index contributed by atoms with van der Waals surface area (Å²) in [7, 11) is 5.44. The molecule has 0 spiro atoms. The largest absolute Gasteiger partial charge is 0.496 e. The van der Waals surface area contributed by atoms with Crippen molar-refractivity contribution < 1.29 is 9.53 Å². The number of anilines is 1. The minimum atomic E-state index is -0.166. The van der Waals surface area contributed by atoms with Gasteiger partial charge in [0, 0.05) is 42.6 Å². The van der Waals surface area contributed by atoms with Gasteiger partial charge >= 0.3 is 0 Å². The molecule has 3 heterocycles. The minimum Gasteiger partial charge on any atom is -0.496 e. The van der Waals surface area contributed by atoms with E-state index in [1.807, 2.05) is 32.0 Å². The van der Waals surface area contributed by atoms with E-state index in [0.717, 1.165) is 21.5 Å². The van der Waals surface area contributed by atoms with Crippen LogP contribution in [0.4, 0.5) is 5.69 Å². The number of thiophene rings is 1. The lowest BCUT2D eigenvalue weighted by atomic mass is 10.1. The van der Waals surface area contributed by atoms with Crippen molar-refractivity contribution in [1.82, 2.24) is 9.88 Å². The summed E-state index contributed by atoms with van der Waals surface area (Å²) in [5, 5.41) is 1.29. The summed E-state index contributed by atoms with van der Waals surface area (Å²) in [6, 6.07) is 1.95. The van der Waals surface area contributed by atoms with Crippen molar-refractivity contribution in [2.45, 2.75) is 13.5 Å². The molecule has 28 heavy (non-hydrogen) atoms. The molecule has 0 aromatic carbocycles. The number of rotatable bonds is 5. The molecule has 0 aliphatic carbocycles. The van der Waals surface area contributed by atoms with Gasteiger partial charge in [0.2, 0.25) is 0 Å². The highest BCUT2D eigenvalue weighted by Gasteiger charge is 2.28. The molecule has 0 saturated heterocycles. The second-order valence-corrected chi connectivity index (χ2v) is 7.69. The van der Waals surface area contributed by atoms with Crippen LogP contribution in [0.15, 0.2) is 52.5 Å². The van der Waals surface area contributed by atoms with E-state index in [4.69, 9.17) is 16.3 Å². The molecule has 0 bridgehead atoms. The monoisotopic (exact) mass is 416 g/mol. The average molecular weight is 417 g/mol. The summed E-state index contributed by atoms with van der Waals surface area (Å²) >= 11 is 7.62. The van der Waals surface area contributed by atoms with E-state index in [1.165, 1.54) is 29.7 Å². The third-order valence-electron chi connectivity index (χ3n) is 4.37. The van der Waals surface area contributed by atoms with E-state index < -0.39 is 0 Å². The van der Waals surface area contributed by atoms with Crippen LogP contribution in [-0.2, 0) is 11.3 Å². The number of aliphatic imine (C=N–C) groups is 1. The van der Waals surface area contributed by atoms with Crippen molar-refractivity contribution in [3.8, 4) is 0 Å². The van der Waals surface area contributed by atoms with Crippen molar-refractivity contribution in [1.29, 1.82) is 0 Å². The summed E-state index contributed by atoms with van der Waals surface area (Å²) < 4.78 is 5.06. The van der Waals surface area contributed by atoms with E-state index >= 15 is 0 Å². The smallest absolute Gasteiger partial charge is 0.274 e. The van der Waals surface area contributed by atoms with Gasteiger partial charge in [0.25, 0.3) is 5.91 Å². The Kier molecular flexibility index (Phi) is 5.86. The predicted octanol–water partition coefficient (Wildman–Crippen LogP) is 4.53. The van der Waals surface area contributed by atoms with Crippen LogP contribution in [0.2, 0.25) is 0 Å². The number of carbonyl (C=O) groups excluding carboxylic acids is 1. The van der Waals surface area contributed by atoms with Gasteiger partial charge in [0.1, 0.15) is 15.5 Å². The predicted molar refractivity (Wildman–Crippen MR) is 116 cm³/mol. The molecule has 0 unspecified atom stereocenters. The topological polar surface area (TPSA) is 58.0 Å². The molecule has 6 nitrogen and oxygen atoms in total. The number of carbonyl (C=O) groups is 1. The Balaban J connectivity index is 2.10. The number of amides is 1. The first-order valence-electron chi connectivity index (χ1n) is 8.57. The number of methoxy groups -OCH3 is 1. The third kappa shape index (κ3) is 3.55. The van der Waals surface area contributed by atoms with Crippen LogP contribution in [0.1, 0.15) is 22.2 Å². The van der Waals surface area contributed by atoms with Gasteiger partial charge in [-0.25, -0.2) is 4.98 Å². The van der Waals surface area contributed by atoms with Crippen molar-refractivity contribution in [3.05, 3.63) is 57.9 Å². The van der Waals surface area contributed by atoms with Gasteiger partial charge in [-0.3, -0.25) is 14.7 Å². The molecular formula is C20H21ClN4O2S. The van der Waals surface area contributed by atoms with E-state index in [1.54, 1.807) is 18.3 Å². The lowest BCUT2D eigenvalue weighted by Gasteiger charge is -2.17. The van der Waals surface area contributed by atoms with E-state index in [-0.39, 0.29) is 5.91 Å². The van der Waals surface area contributed by atoms with E-state index in [2.05, 4.69) is 16.6 Å². The highest BCUT2D eigenvalue weighted by Crippen LogP contribution is 2.38. The molecule has 0 saturated carbocycles. The fourth-order valence-corrected chi connectivity index (χ4v) is 4.22. The van der Waals surface area contributed by atoms with Crippen LogP contribution in [0.5, 0.6) is 0 Å². The molecule has 146 valence electrons. The number of ether oxygens (including phenoxy) is 1. The lowest BCUT2D eigenvalue weighted by Crippen LogP contribution is -2.27. The lowest BCUT2D eigenvalue weighted by molar-refractivity contribution is 0.0889. The number of nitrogens with zero attached hydrogens (tertiary/aromatic N) is 4. The Hall–Kier alpha value is -2.64. The van der Waals surface area contributed by atoms with Gasteiger partial charge in [0.15, 0.2) is 0 Å². The van der Waals surface area contributed by atoms with E-state index in [9.17, 15) is 4.79 Å². The first-order chi connectivity index (χ1) is 13.4. The van der Waals surface area contributed by atoms with Crippen LogP contribution >= 0.6 is 22.9 Å². The van der Waals surface area contributed by atoms with Crippen LogP contribution < -0.4 is 4.90 Å². The number of halogens is 1. The fourth-order valence-electron chi connectivity index (χ4n) is 2.92. The summed E-state index contributed by atoms with van der Waals surface area (Å²) in [5.74, 6) is 0.156. The zero-order valence-corrected chi connectivity index (χ0v) is 17.8. The Morgan fingerprint density at radius 1 is 1.46 bits per heavy atom. The van der Waals surface area contributed by atoms with Crippen LogP contribution in [-0.4, -0.2) is 43.3 Å². The summed E-state index contributed by atoms with van der Waals surface area (Å²) in [6.45, 7) is 5.97. The minimum absolute atomic E-state index is 0.166. The van der Waals surface area contributed by atoms with Gasteiger partial charge in [0.05, 0.1) is 25.0 Å². The Morgan fingerprint density at radius 2 is 2.21 bits per heavy atom. The molecule has 2 aromatic heterocycles. The molecule has 1 aliphatic heterocycles. The maximum absolute atomic E-state index is 13.3. The highest BCUT2D eigenvalue weighted by atomic mass is 35.5. The zero-order chi connectivity index (χ0) is 20.4. The molecule has 1 amide bonds. The molecular weight excluding hydrogens is 396 g/mol. The van der Waals surface area contributed by atoms with Crippen LogP contribution in [0.3, 0.4) is 0 Å². The zero-order valence-electron chi connectivity index (χ0n) is 16.2. The Bertz CT molecular complexity index is 1040.